The Labute approximate surface area is 116 Å². The number of ether oxygens (including phenoxy) is 1. The molecule has 1 amide bonds. The summed E-state index contributed by atoms with van der Waals surface area (Å²) in [5.41, 5.74) is 0.538. The highest BCUT2D eigenvalue weighted by Crippen LogP contribution is 2.22. The summed E-state index contributed by atoms with van der Waals surface area (Å²) in [5, 5.41) is 3.77. The first-order chi connectivity index (χ1) is 8.66. The van der Waals surface area contributed by atoms with Gasteiger partial charge in [-0.05, 0) is 37.0 Å². The number of hydrogen-bond acceptors (Lipinski definition) is 2. The van der Waals surface area contributed by atoms with E-state index in [1.165, 1.54) is 0 Å². The van der Waals surface area contributed by atoms with Gasteiger partial charge < -0.3 is 10.1 Å². The number of amides is 1. The molecular formula is C13H15Cl2NO2. The van der Waals surface area contributed by atoms with Gasteiger partial charge in [0.1, 0.15) is 0 Å². The van der Waals surface area contributed by atoms with E-state index in [-0.39, 0.29) is 5.91 Å². The molecule has 0 aromatic heterocycles. The molecule has 0 saturated carbocycles. The number of nitrogens with one attached hydrogen (secondary N) is 1. The molecule has 3 nitrogen and oxygen atoms in total. The molecular weight excluding hydrogens is 273 g/mol. The van der Waals surface area contributed by atoms with Gasteiger partial charge >= 0.3 is 0 Å². The van der Waals surface area contributed by atoms with Gasteiger partial charge in [-0.1, -0.05) is 23.2 Å². The molecule has 1 aromatic rings. The Kier molecular flexibility index (Phi) is 4.87. The molecule has 1 N–H and O–H groups in total. The third-order valence-electron chi connectivity index (χ3n) is 3.07. The normalized spacial score (nSPS) is 16.6. The van der Waals surface area contributed by atoms with Crippen LogP contribution in [0.3, 0.4) is 0 Å². The first-order valence-corrected chi connectivity index (χ1v) is 6.73. The molecule has 1 aliphatic heterocycles. The Hall–Kier alpha value is -0.770. The van der Waals surface area contributed by atoms with Crippen molar-refractivity contribution in [3.05, 3.63) is 33.8 Å². The molecule has 1 fully saturated rings. The zero-order valence-electron chi connectivity index (χ0n) is 9.92. The highest BCUT2D eigenvalue weighted by molar-refractivity contribution is 6.42. The van der Waals surface area contributed by atoms with Gasteiger partial charge in [0, 0.05) is 25.3 Å². The Balaban J connectivity index is 1.88. The fraction of sp³-hybridized carbons (Fsp3) is 0.462. The average molecular weight is 288 g/mol. The van der Waals surface area contributed by atoms with Crippen LogP contribution >= 0.6 is 23.2 Å². The van der Waals surface area contributed by atoms with Crippen LogP contribution in [-0.4, -0.2) is 25.7 Å². The van der Waals surface area contributed by atoms with Crippen LogP contribution in [0.25, 0.3) is 0 Å². The van der Waals surface area contributed by atoms with Crippen LogP contribution in [0.2, 0.25) is 10.0 Å². The van der Waals surface area contributed by atoms with E-state index in [0.29, 0.717) is 28.1 Å². The minimum Gasteiger partial charge on any atom is -0.381 e. The lowest BCUT2D eigenvalue weighted by Crippen LogP contribution is -2.32. The van der Waals surface area contributed by atoms with Crippen LogP contribution in [0.15, 0.2) is 18.2 Å². The summed E-state index contributed by atoms with van der Waals surface area (Å²) in [6.07, 6.45) is 2.00. The summed E-state index contributed by atoms with van der Waals surface area (Å²) in [5.74, 6) is 0.394. The van der Waals surface area contributed by atoms with Gasteiger partial charge in [-0.15, -0.1) is 0 Å². The Morgan fingerprint density at radius 3 is 2.67 bits per heavy atom. The monoisotopic (exact) mass is 287 g/mol. The van der Waals surface area contributed by atoms with Gasteiger partial charge in [0.2, 0.25) is 0 Å². The zero-order valence-corrected chi connectivity index (χ0v) is 11.4. The number of rotatable bonds is 3. The molecule has 0 radical (unpaired) electrons. The van der Waals surface area contributed by atoms with Crippen molar-refractivity contribution in [2.75, 3.05) is 19.8 Å². The summed E-state index contributed by atoms with van der Waals surface area (Å²) in [7, 11) is 0. The topological polar surface area (TPSA) is 38.3 Å². The van der Waals surface area contributed by atoms with Gasteiger partial charge in [-0.2, -0.15) is 0 Å². The molecule has 2 rings (SSSR count). The van der Waals surface area contributed by atoms with E-state index in [1.54, 1.807) is 18.2 Å². The lowest BCUT2D eigenvalue weighted by Gasteiger charge is -2.22. The van der Waals surface area contributed by atoms with Crippen LogP contribution in [0.5, 0.6) is 0 Å². The molecule has 0 aliphatic carbocycles. The SMILES string of the molecule is O=C(NCC1CCOCC1)c1ccc(Cl)c(Cl)c1. The van der Waals surface area contributed by atoms with Gasteiger partial charge in [-0.3, -0.25) is 4.79 Å². The van der Waals surface area contributed by atoms with E-state index in [9.17, 15) is 4.79 Å². The van der Waals surface area contributed by atoms with Crippen LogP contribution in [0, 0.1) is 5.92 Å². The van der Waals surface area contributed by atoms with Gasteiger partial charge in [-0.25, -0.2) is 0 Å². The van der Waals surface area contributed by atoms with E-state index in [0.717, 1.165) is 26.1 Å². The van der Waals surface area contributed by atoms with Crippen molar-refractivity contribution in [2.24, 2.45) is 5.92 Å². The summed E-state index contributed by atoms with van der Waals surface area (Å²) in [6, 6.07) is 4.89. The highest BCUT2D eigenvalue weighted by atomic mass is 35.5. The summed E-state index contributed by atoms with van der Waals surface area (Å²) >= 11 is 11.7. The number of benzene rings is 1. The van der Waals surface area contributed by atoms with Gasteiger partial charge in [0.15, 0.2) is 0 Å². The predicted molar refractivity (Wildman–Crippen MR) is 72.3 cm³/mol. The predicted octanol–water partition coefficient (Wildman–Crippen LogP) is 3.15. The summed E-state index contributed by atoms with van der Waals surface area (Å²) in [4.78, 5) is 11.9. The molecule has 18 heavy (non-hydrogen) atoms. The van der Waals surface area contributed by atoms with Crippen molar-refractivity contribution in [3.63, 3.8) is 0 Å². The van der Waals surface area contributed by atoms with Gasteiger partial charge in [0.05, 0.1) is 10.0 Å². The van der Waals surface area contributed by atoms with Crippen molar-refractivity contribution >= 4 is 29.1 Å². The fourth-order valence-corrected chi connectivity index (χ4v) is 2.23. The maximum Gasteiger partial charge on any atom is 0.251 e. The maximum atomic E-state index is 11.9. The van der Waals surface area contributed by atoms with Crippen molar-refractivity contribution in [3.8, 4) is 0 Å². The molecule has 98 valence electrons. The standard InChI is InChI=1S/C13H15Cl2NO2/c14-11-2-1-10(7-12(11)15)13(17)16-8-9-3-5-18-6-4-9/h1-2,7,9H,3-6,8H2,(H,16,17). The van der Waals surface area contributed by atoms with Gasteiger partial charge in [0.25, 0.3) is 5.91 Å². The smallest absolute Gasteiger partial charge is 0.251 e. The molecule has 5 heteroatoms. The summed E-state index contributed by atoms with van der Waals surface area (Å²) < 4.78 is 5.28. The van der Waals surface area contributed by atoms with Crippen LogP contribution < -0.4 is 5.32 Å². The Morgan fingerprint density at radius 2 is 2.00 bits per heavy atom. The average Bonchev–Trinajstić information content (AvgIpc) is 2.40. The molecule has 0 spiro atoms. The molecule has 1 aliphatic rings. The second-order valence-electron chi connectivity index (χ2n) is 4.39. The third-order valence-corrected chi connectivity index (χ3v) is 3.81. The van der Waals surface area contributed by atoms with Crippen LogP contribution in [0.1, 0.15) is 23.2 Å². The lowest BCUT2D eigenvalue weighted by atomic mass is 10.0. The number of halogens is 2. The van der Waals surface area contributed by atoms with E-state index in [4.69, 9.17) is 27.9 Å². The largest absolute Gasteiger partial charge is 0.381 e. The van der Waals surface area contributed by atoms with E-state index >= 15 is 0 Å². The Bertz CT molecular complexity index is 431. The minimum atomic E-state index is -0.111. The van der Waals surface area contributed by atoms with Crippen LogP contribution in [-0.2, 0) is 4.74 Å². The van der Waals surface area contributed by atoms with E-state index in [1.807, 2.05) is 0 Å². The minimum absolute atomic E-state index is 0.111. The first kappa shape index (κ1) is 13.7. The number of carbonyl (C=O) groups is 1. The molecule has 1 heterocycles. The van der Waals surface area contributed by atoms with Crippen LogP contribution in [0.4, 0.5) is 0 Å². The quantitative estimate of drug-likeness (QED) is 0.928. The van der Waals surface area contributed by atoms with E-state index in [2.05, 4.69) is 5.32 Å². The summed E-state index contributed by atoms with van der Waals surface area (Å²) in [6.45, 7) is 2.25. The fourth-order valence-electron chi connectivity index (χ4n) is 1.93. The van der Waals surface area contributed by atoms with E-state index < -0.39 is 0 Å². The van der Waals surface area contributed by atoms with Crippen molar-refractivity contribution < 1.29 is 9.53 Å². The lowest BCUT2D eigenvalue weighted by molar-refractivity contribution is 0.0642. The molecule has 1 aromatic carbocycles. The van der Waals surface area contributed by atoms with Crippen molar-refractivity contribution in [1.82, 2.24) is 5.32 Å². The zero-order chi connectivity index (χ0) is 13.0. The highest BCUT2D eigenvalue weighted by Gasteiger charge is 2.15. The third kappa shape index (κ3) is 3.61. The second-order valence-corrected chi connectivity index (χ2v) is 5.21. The maximum absolute atomic E-state index is 11.9. The Morgan fingerprint density at radius 1 is 1.28 bits per heavy atom. The van der Waals surface area contributed by atoms with Crippen molar-refractivity contribution in [1.29, 1.82) is 0 Å². The molecule has 1 saturated heterocycles. The molecule has 0 atom stereocenters. The molecule has 0 unspecified atom stereocenters. The second kappa shape index (κ2) is 6.41. The number of carbonyl (C=O) groups excluding carboxylic acids is 1. The number of hydrogen-bond donors (Lipinski definition) is 1. The molecule has 0 bridgehead atoms. The van der Waals surface area contributed by atoms with Crippen molar-refractivity contribution in [2.45, 2.75) is 12.8 Å². The first-order valence-electron chi connectivity index (χ1n) is 5.98.